The molecule has 1 aromatic carbocycles. The van der Waals surface area contributed by atoms with Gasteiger partial charge < -0.3 is 5.73 Å². The van der Waals surface area contributed by atoms with Crippen molar-refractivity contribution in [1.82, 2.24) is 4.90 Å². The maximum absolute atomic E-state index is 6.33. The summed E-state index contributed by atoms with van der Waals surface area (Å²) in [6.45, 7) is 4.67. The minimum atomic E-state index is 0.325. The van der Waals surface area contributed by atoms with Crippen molar-refractivity contribution in [1.29, 1.82) is 0 Å². The van der Waals surface area contributed by atoms with Crippen LogP contribution in [0.25, 0.3) is 0 Å². The molecule has 1 heterocycles. The molecule has 2 fully saturated rings. The van der Waals surface area contributed by atoms with Gasteiger partial charge in [0.05, 0.1) is 0 Å². The van der Waals surface area contributed by atoms with Crippen LogP contribution in [0.1, 0.15) is 38.2 Å². The van der Waals surface area contributed by atoms with Crippen molar-refractivity contribution in [2.75, 3.05) is 13.1 Å². The summed E-state index contributed by atoms with van der Waals surface area (Å²) in [7, 11) is 0. The zero-order valence-electron chi connectivity index (χ0n) is 13.0. The van der Waals surface area contributed by atoms with Gasteiger partial charge in [-0.2, -0.15) is 0 Å². The van der Waals surface area contributed by atoms with Crippen molar-refractivity contribution in [3.8, 4) is 0 Å². The number of likely N-dealkylation sites (tertiary alicyclic amines) is 1. The summed E-state index contributed by atoms with van der Waals surface area (Å²) in [4.78, 5) is 2.65. The Labute approximate surface area is 133 Å². The van der Waals surface area contributed by atoms with E-state index in [4.69, 9.17) is 17.3 Å². The highest BCUT2D eigenvalue weighted by Gasteiger charge is 2.33. The molecule has 0 aromatic heterocycles. The molecule has 116 valence electrons. The highest BCUT2D eigenvalue weighted by atomic mass is 35.5. The van der Waals surface area contributed by atoms with Crippen molar-refractivity contribution in [3.63, 3.8) is 0 Å². The topological polar surface area (TPSA) is 29.3 Å². The molecule has 3 atom stereocenters. The van der Waals surface area contributed by atoms with E-state index in [-0.39, 0.29) is 0 Å². The first-order chi connectivity index (χ1) is 10.1. The average Bonchev–Trinajstić information content (AvgIpc) is 2.35. The molecule has 1 saturated carbocycles. The Kier molecular flexibility index (Phi) is 4.88. The molecule has 1 aliphatic heterocycles. The molecule has 3 unspecified atom stereocenters. The van der Waals surface area contributed by atoms with Crippen molar-refractivity contribution >= 4 is 11.6 Å². The van der Waals surface area contributed by atoms with Crippen LogP contribution in [0.2, 0.25) is 5.02 Å². The van der Waals surface area contributed by atoms with Gasteiger partial charge in [-0.3, -0.25) is 4.90 Å². The summed E-state index contributed by atoms with van der Waals surface area (Å²) < 4.78 is 0. The molecular weight excluding hydrogens is 280 g/mol. The Morgan fingerprint density at radius 1 is 1.33 bits per heavy atom. The predicted octanol–water partition coefficient (Wildman–Crippen LogP) is 3.72. The second-order valence-corrected chi connectivity index (χ2v) is 7.52. The van der Waals surface area contributed by atoms with Crippen molar-refractivity contribution in [3.05, 3.63) is 34.9 Å². The summed E-state index contributed by atoms with van der Waals surface area (Å²) in [5.41, 5.74) is 7.67. The number of hydrogen-bond acceptors (Lipinski definition) is 2. The van der Waals surface area contributed by atoms with Crippen LogP contribution >= 0.6 is 11.6 Å². The van der Waals surface area contributed by atoms with Gasteiger partial charge in [0.2, 0.25) is 0 Å². The summed E-state index contributed by atoms with van der Waals surface area (Å²) in [5, 5.41) is 0.840. The number of hydrogen-bond donors (Lipinski definition) is 1. The molecule has 1 saturated heterocycles. The van der Waals surface area contributed by atoms with Crippen LogP contribution in [0.15, 0.2) is 24.3 Å². The Balaban J connectivity index is 1.62. The van der Waals surface area contributed by atoms with E-state index >= 15 is 0 Å². The molecule has 3 rings (SSSR count). The van der Waals surface area contributed by atoms with E-state index in [1.807, 2.05) is 6.07 Å². The van der Waals surface area contributed by atoms with E-state index in [9.17, 15) is 0 Å². The minimum absolute atomic E-state index is 0.325. The van der Waals surface area contributed by atoms with E-state index in [0.29, 0.717) is 18.0 Å². The fourth-order valence-corrected chi connectivity index (χ4v) is 4.20. The highest BCUT2D eigenvalue weighted by molar-refractivity contribution is 6.30. The van der Waals surface area contributed by atoms with Crippen LogP contribution in [0.3, 0.4) is 0 Å². The van der Waals surface area contributed by atoms with Gasteiger partial charge in [-0.1, -0.05) is 30.2 Å². The fourth-order valence-electron chi connectivity index (χ4n) is 3.98. The largest absolute Gasteiger partial charge is 0.327 e. The van der Waals surface area contributed by atoms with Gasteiger partial charge in [0.25, 0.3) is 0 Å². The summed E-state index contributed by atoms with van der Waals surface area (Å²) in [6.07, 6.45) is 6.47. The summed E-state index contributed by atoms with van der Waals surface area (Å²) in [5.74, 6) is 1.57. The van der Waals surface area contributed by atoms with Crippen molar-refractivity contribution in [2.45, 2.75) is 51.1 Å². The van der Waals surface area contributed by atoms with Crippen LogP contribution < -0.4 is 5.73 Å². The lowest BCUT2D eigenvalue weighted by atomic mass is 9.78. The molecular formula is C18H27ClN2. The Bertz CT molecular complexity index is 472. The molecule has 2 aliphatic rings. The van der Waals surface area contributed by atoms with E-state index < -0.39 is 0 Å². The van der Waals surface area contributed by atoms with Crippen LogP contribution in [-0.2, 0) is 6.42 Å². The number of nitrogens with zero attached hydrogens (tertiary/aromatic N) is 1. The smallest absolute Gasteiger partial charge is 0.0408 e. The third-order valence-electron chi connectivity index (χ3n) is 5.42. The first-order valence-electron chi connectivity index (χ1n) is 8.36. The lowest BCUT2D eigenvalue weighted by Crippen LogP contribution is -2.53. The molecule has 0 amide bonds. The number of nitrogens with two attached hydrogens (primary N) is 1. The van der Waals surface area contributed by atoms with E-state index in [1.165, 1.54) is 31.4 Å². The fraction of sp³-hybridized carbons (Fsp3) is 0.667. The Morgan fingerprint density at radius 2 is 2.14 bits per heavy atom. The molecule has 0 bridgehead atoms. The second-order valence-electron chi connectivity index (χ2n) is 7.08. The van der Waals surface area contributed by atoms with Gasteiger partial charge in [-0.25, -0.2) is 0 Å². The molecule has 21 heavy (non-hydrogen) atoms. The lowest BCUT2D eigenvalue weighted by molar-refractivity contribution is 0.0587. The maximum atomic E-state index is 6.33. The van der Waals surface area contributed by atoms with Crippen LogP contribution in [0.4, 0.5) is 0 Å². The molecule has 2 nitrogen and oxygen atoms in total. The standard InChI is InChI=1S/C18H27ClN2/c1-13(16-5-3-6-16)21-11-15(10-18(20)12-21)8-14-4-2-7-17(19)9-14/h2,4,7,9,13,15-16,18H,3,5-6,8,10-12,20H2,1H3. The van der Waals surface area contributed by atoms with Crippen LogP contribution in [0.5, 0.6) is 0 Å². The van der Waals surface area contributed by atoms with Crippen LogP contribution in [-0.4, -0.2) is 30.1 Å². The molecule has 0 spiro atoms. The Hall–Kier alpha value is -0.570. The SMILES string of the molecule is CC(C1CCC1)N1CC(N)CC(Cc2cccc(Cl)c2)C1. The summed E-state index contributed by atoms with van der Waals surface area (Å²) in [6, 6.07) is 9.31. The van der Waals surface area contributed by atoms with Crippen molar-refractivity contribution in [2.24, 2.45) is 17.6 Å². The third kappa shape index (κ3) is 3.80. The molecule has 1 aliphatic carbocycles. The normalized spacial score (nSPS) is 29.1. The second kappa shape index (κ2) is 6.68. The third-order valence-corrected chi connectivity index (χ3v) is 5.65. The predicted molar refractivity (Wildman–Crippen MR) is 89.6 cm³/mol. The van der Waals surface area contributed by atoms with Gasteiger partial charge in [0, 0.05) is 30.2 Å². The van der Waals surface area contributed by atoms with E-state index in [1.54, 1.807) is 0 Å². The number of benzene rings is 1. The van der Waals surface area contributed by atoms with Gasteiger partial charge >= 0.3 is 0 Å². The van der Waals surface area contributed by atoms with Gasteiger partial charge in [-0.15, -0.1) is 0 Å². The molecule has 3 heteroatoms. The summed E-state index contributed by atoms with van der Waals surface area (Å²) >= 11 is 6.10. The first kappa shape index (κ1) is 15.3. The lowest BCUT2D eigenvalue weighted by Gasteiger charge is -2.45. The minimum Gasteiger partial charge on any atom is -0.327 e. The molecule has 2 N–H and O–H groups in total. The highest BCUT2D eigenvalue weighted by Crippen LogP contribution is 2.34. The number of halogens is 1. The van der Waals surface area contributed by atoms with Crippen LogP contribution in [0, 0.1) is 11.8 Å². The maximum Gasteiger partial charge on any atom is 0.0408 e. The Morgan fingerprint density at radius 3 is 2.81 bits per heavy atom. The van der Waals surface area contributed by atoms with Gasteiger partial charge in [0.15, 0.2) is 0 Å². The zero-order chi connectivity index (χ0) is 14.8. The van der Waals surface area contributed by atoms with E-state index in [2.05, 4.69) is 30.0 Å². The molecule has 0 radical (unpaired) electrons. The average molecular weight is 307 g/mol. The number of rotatable bonds is 4. The zero-order valence-corrected chi connectivity index (χ0v) is 13.7. The van der Waals surface area contributed by atoms with E-state index in [0.717, 1.165) is 30.3 Å². The van der Waals surface area contributed by atoms with Crippen molar-refractivity contribution < 1.29 is 0 Å². The van der Waals surface area contributed by atoms with Gasteiger partial charge in [-0.05, 0) is 62.1 Å². The quantitative estimate of drug-likeness (QED) is 0.918. The number of piperidine rings is 1. The molecule has 1 aromatic rings. The van der Waals surface area contributed by atoms with Gasteiger partial charge in [0.1, 0.15) is 0 Å². The monoisotopic (exact) mass is 306 g/mol. The first-order valence-corrected chi connectivity index (χ1v) is 8.73.